The van der Waals surface area contributed by atoms with Crippen LogP contribution in [0, 0.1) is 5.92 Å². The van der Waals surface area contributed by atoms with E-state index < -0.39 is 0 Å². The van der Waals surface area contributed by atoms with Crippen LogP contribution in [0.4, 0.5) is 0 Å². The molecule has 4 nitrogen and oxygen atoms in total. The van der Waals surface area contributed by atoms with E-state index in [9.17, 15) is 4.79 Å². The highest BCUT2D eigenvalue weighted by molar-refractivity contribution is 5.81. The molecule has 2 fully saturated rings. The van der Waals surface area contributed by atoms with Gasteiger partial charge in [0, 0.05) is 25.7 Å². The zero-order valence-corrected chi connectivity index (χ0v) is 11.1. The second kappa shape index (κ2) is 5.36. The number of rotatable bonds is 3. The van der Waals surface area contributed by atoms with Gasteiger partial charge >= 0.3 is 0 Å². The van der Waals surface area contributed by atoms with E-state index in [2.05, 4.69) is 18.7 Å². The third-order valence-electron chi connectivity index (χ3n) is 4.32. The molecule has 0 aromatic rings. The molecule has 2 heterocycles. The van der Waals surface area contributed by atoms with E-state index in [1.54, 1.807) is 0 Å². The Morgan fingerprint density at radius 3 is 2.59 bits per heavy atom. The average Bonchev–Trinajstić information content (AvgIpc) is 2.95. The van der Waals surface area contributed by atoms with E-state index in [0.717, 1.165) is 32.6 Å². The van der Waals surface area contributed by atoms with E-state index in [0.29, 0.717) is 17.9 Å². The van der Waals surface area contributed by atoms with Crippen LogP contribution in [0.1, 0.15) is 33.1 Å². The lowest BCUT2D eigenvalue weighted by atomic mass is 10.1. The average molecular weight is 239 g/mol. The maximum atomic E-state index is 12.3. The number of amides is 1. The highest BCUT2D eigenvalue weighted by Crippen LogP contribution is 2.25. The fourth-order valence-electron chi connectivity index (χ4n) is 3.22. The standard InChI is InChI=1S/C13H25N3O/c1-10-7-12(8-14)9-16(10)11(2)13(17)15-5-3-4-6-15/h10-12H,3-9,14H2,1-2H3. The van der Waals surface area contributed by atoms with Gasteiger partial charge in [-0.1, -0.05) is 0 Å². The molecule has 0 aromatic carbocycles. The molecule has 4 heteroatoms. The Kier molecular flexibility index (Phi) is 4.05. The van der Waals surface area contributed by atoms with Gasteiger partial charge in [0.05, 0.1) is 6.04 Å². The van der Waals surface area contributed by atoms with E-state index >= 15 is 0 Å². The molecule has 3 atom stereocenters. The van der Waals surface area contributed by atoms with Crippen LogP contribution in [0.5, 0.6) is 0 Å². The van der Waals surface area contributed by atoms with Crippen LogP contribution in [-0.2, 0) is 4.79 Å². The Morgan fingerprint density at radius 2 is 2.06 bits per heavy atom. The van der Waals surface area contributed by atoms with Crippen molar-refractivity contribution in [2.45, 2.75) is 45.2 Å². The molecule has 0 aromatic heterocycles. The zero-order valence-electron chi connectivity index (χ0n) is 11.1. The highest BCUT2D eigenvalue weighted by Gasteiger charge is 2.36. The highest BCUT2D eigenvalue weighted by atomic mass is 16.2. The van der Waals surface area contributed by atoms with Crippen molar-refractivity contribution < 1.29 is 4.79 Å². The van der Waals surface area contributed by atoms with Crippen molar-refractivity contribution in [1.29, 1.82) is 0 Å². The topological polar surface area (TPSA) is 49.6 Å². The first-order chi connectivity index (χ1) is 8.13. The summed E-state index contributed by atoms with van der Waals surface area (Å²) in [6.07, 6.45) is 3.47. The molecule has 2 saturated heterocycles. The Morgan fingerprint density at radius 1 is 1.41 bits per heavy atom. The Balaban J connectivity index is 1.94. The van der Waals surface area contributed by atoms with Gasteiger partial charge < -0.3 is 10.6 Å². The number of carbonyl (C=O) groups is 1. The minimum Gasteiger partial charge on any atom is -0.341 e. The quantitative estimate of drug-likeness (QED) is 0.787. The first-order valence-electron chi connectivity index (χ1n) is 6.88. The number of hydrogen-bond acceptors (Lipinski definition) is 3. The van der Waals surface area contributed by atoms with Crippen molar-refractivity contribution in [2.75, 3.05) is 26.2 Å². The van der Waals surface area contributed by atoms with Crippen molar-refractivity contribution in [2.24, 2.45) is 11.7 Å². The van der Waals surface area contributed by atoms with Gasteiger partial charge in [-0.3, -0.25) is 9.69 Å². The monoisotopic (exact) mass is 239 g/mol. The smallest absolute Gasteiger partial charge is 0.239 e. The predicted molar refractivity (Wildman–Crippen MR) is 68.6 cm³/mol. The molecular weight excluding hydrogens is 214 g/mol. The normalized spacial score (nSPS) is 32.1. The molecule has 0 saturated carbocycles. The van der Waals surface area contributed by atoms with E-state index in [1.165, 1.54) is 12.8 Å². The Bertz CT molecular complexity index is 276. The van der Waals surface area contributed by atoms with Gasteiger partial charge in [-0.2, -0.15) is 0 Å². The molecule has 0 bridgehead atoms. The summed E-state index contributed by atoms with van der Waals surface area (Å²) in [5.74, 6) is 0.880. The van der Waals surface area contributed by atoms with Crippen LogP contribution in [0.15, 0.2) is 0 Å². The van der Waals surface area contributed by atoms with Crippen LogP contribution >= 0.6 is 0 Å². The summed E-state index contributed by atoms with van der Waals surface area (Å²) in [6, 6.07) is 0.518. The first-order valence-corrected chi connectivity index (χ1v) is 6.88. The molecule has 2 rings (SSSR count). The zero-order chi connectivity index (χ0) is 12.4. The minimum atomic E-state index is 0.0275. The molecule has 2 N–H and O–H groups in total. The Labute approximate surface area is 104 Å². The largest absolute Gasteiger partial charge is 0.341 e. The molecule has 0 aliphatic carbocycles. The van der Waals surface area contributed by atoms with Crippen LogP contribution in [0.25, 0.3) is 0 Å². The van der Waals surface area contributed by atoms with Gasteiger partial charge in [-0.15, -0.1) is 0 Å². The first kappa shape index (κ1) is 12.8. The SMILES string of the molecule is CC1CC(CN)CN1C(C)C(=O)N1CCCC1. The number of nitrogens with two attached hydrogens (primary N) is 1. The lowest BCUT2D eigenvalue weighted by Gasteiger charge is -2.30. The maximum Gasteiger partial charge on any atom is 0.239 e. The second-order valence-corrected chi connectivity index (χ2v) is 5.59. The maximum absolute atomic E-state index is 12.3. The summed E-state index contributed by atoms with van der Waals surface area (Å²) in [7, 11) is 0. The van der Waals surface area contributed by atoms with E-state index in [1.807, 2.05) is 4.90 Å². The molecule has 3 unspecified atom stereocenters. The number of hydrogen-bond donors (Lipinski definition) is 1. The van der Waals surface area contributed by atoms with Gasteiger partial charge in [0.15, 0.2) is 0 Å². The summed E-state index contributed by atoms with van der Waals surface area (Å²) >= 11 is 0. The molecule has 2 aliphatic rings. The van der Waals surface area contributed by atoms with Crippen molar-refractivity contribution in [3.63, 3.8) is 0 Å². The summed E-state index contributed by atoms with van der Waals surface area (Å²) < 4.78 is 0. The summed E-state index contributed by atoms with van der Waals surface area (Å²) in [4.78, 5) is 16.7. The third-order valence-corrected chi connectivity index (χ3v) is 4.32. The van der Waals surface area contributed by atoms with Crippen LogP contribution in [0.2, 0.25) is 0 Å². The molecule has 1 amide bonds. The molecule has 2 aliphatic heterocycles. The molecule has 0 radical (unpaired) electrons. The van der Waals surface area contributed by atoms with Crippen molar-refractivity contribution in [1.82, 2.24) is 9.80 Å². The van der Waals surface area contributed by atoms with Gasteiger partial charge in [0.25, 0.3) is 0 Å². The Hall–Kier alpha value is -0.610. The van der Waals surface area contributed by atoms with Crippen molar-refractivity contribution in [3.05, 3.63) is 0 Å². The fraction of sp³-hybridized carbons (Fsp3) is 0.923. The van der Waals surface area contributed by atoms with Crippen LogP contribution in [-0.4, -0.2) is 54.0 Å². The van der Waals surface area contributed by atoms with Crippen molar-refractivity contribution >= 4 is 5.91 Å². The molecule has 98 valence electrons. The summed E-state index contributed by atoms with van der Waals surface area (Å²) in [5, 5.41) is 0. The second-order valence-electron chi connectivity index (χ2n) is 5.59. The summed E-state index contributed by atoms with van der Waals surface area (Å²) in [5.41, 5.74) is 5.73. The van der Waals surface area contributed by atoms with Gasteiger partial charge in [0.2, 0.25) is 5.91 Å². The fourth-order valence-corrected chi connectivity index (χ4v) is 3.22. The van der Waals surface area contributed by atoms with E-state index in [4.69, 9.17) is 5.73 Å². The minimum absolute atomic E-state index is 0.0275. The molecular formula is C13H25N3O. The molecule has 0 spiro atoms. The van der Waals surface area contributed by atoms with Crippen LogP contribution < -0.4 is 5.73 Å². The molecule has 17 heavy (non-hydrogen) atoms. The summed E-state index contributed by atoms with van der Waals surface area (Å²) in [6.45, 7) is 7.89. The van der Waals surface area contributed by atoms with E-state index in [-0.39, 0.29) is 6.04 Å². The predicted octanol–water partition coefficient (Wildman–Crippen LogP) is 0.666. The van der Waals surface area contributed by atoms with Gasteiger partial charge in [0.1, 0.15) is 0 Å². The van der Waals surface area contributed by atoms with Crippen molar-refractivity contribution in [3.8, 4) is 0 Å². The number of likely N-dealkylation sites (tertiary alicyclic amines) is 2. The lowest BCUT2D eigenvalue weighted by molar-refractivity contribution is -0.135. The van der Waals surface area contributed by atoms with Gasteiger partial charge in [-0.25, -0.2) is 0 Å². The third kappa shape index (κ3) is 2.63. The van der Waals surface area contributed by atoms with Gasteiger partial charge in [-0.05, 0) is 45.6 Å². The lowest BCUT2D eigenvalue weighted by Crippen LogP contribution is -2.47. The number of nitrogens with zero attached hydrogens (tertiary/aromatic N) is 2. The van der Waals surface area contributed by atoms with Crippen LogP contribution in [0.3, 0.4) is 0 Å². The number of carbonyl (C=O) groups excluding carboxylic acids is 1.